The molecule has 0 aliphatic rings. The lowest BCUT2D eigenvalue weighted by molar-refractivity contribution is -0.137. The van der Waals surface area contributed by atoms with Crippen molar-refractivity contribution < 1.29 is 9.90 Å². The molecule has 0 aromatic rings. The van der Waals surface area contributed by atoms with E-state index in [2.05, 4.69) is 20.1 Å². The number of carboxylic acids is 1. The second-order valence-electron chi connectivity index (χ2n) is 3.24. The first-order valence-electron chi connectivity index (χ1n) is 4.50. The lowest BCUT2D eigenvalue weighted by Crippen LogP contribution is -2.05. The van der Waals surface area contributed by atoms with Crippen LogP contribution in [0.5, 0.6) is 0 Å². The predicted octanol–water partition coefficient (Wildman–Crippen LogP) is 2.28. The van der Waals surface area contributed by atoms with Crippen LogP contribution in [0.2, 0.25) is 0 Å². The maximum atomic E-state index is 10.2. The Balaban J connectivity index is 3.43. The molecule has 0 aromatic heterocycles. The minimum absolute atomic E-state index is 0.0641. The summed E-state index contributed by atoms with van der Waals surface area (Å²) in [6.45, 7) is 4.45. The van der Waals surface area contributed by atoms with Crippen LogP contribution in [0, 0.1) is 0 Å². The quantitative estimate of drug-likeness (QED) is 0.634. The zero-order valence-corrected chi connectivity index (χ0v) is 9.10. The Labute approximate surface area is 77.7 Å². The van der Waals surface area contributed by atoms with Gasteiger partial charge in [-0.3, -0.25) is 15.7 Å². The topological polar surface area (TPSA) is 37.3 Å². The molecule has 12 heavy (non-hydrogen) atoms. The number of rotatable bonds is 6. The van der Waals surface area contributed by atoms with Gasteiger partial charge < -0.3 is 5.11 Å². The number of hydrogen-bond acceptors (Lipinski definition) is 1. The summed E-state index contributed by atoms with van der Waals surface area (Å²) in [7, 11) is 0.0641. The van der Waals surface area contributed by atoms with Crippen molar-refractivity contribution in [1.29, 1.82) is 0 Å². The fraction of sp³-hybridized carbons (Fsp3) is 0.889. The standard InChI is InChI=1S/C9H20O2S/c1-4-8(2)12(3)7-5-6-9(10)11/h8,12H,4-7H2,1-3H3,(H,10,11). The molecule has 3 heteroatoms. The van der Waals surface area contributed by atoms with Gasteiger partial charge in [0.2, 0.25) is 0 Å². The Morgan fingerprint density at radius 3 is 2.58 bits per heavy atom. The molecule has 0 aliphatic heterocycles. The highest BCUT2D eigenvalue weighted by molar-refractivity contribution is 8.16. The molecular formula is C9H20O2S. The molecule has 74 valence electrons. The fourth-order valence-corrected chi connectivity index (χ4v) is 2.73. The summed E-state index contributed by atoms with van der Waals surface area (Å²) in [5, 5.41) is 9.22. The summed E-state index contributed by atoms with van der Waals surface area (Å²) in [4.78, 5) is 10.2. The van der Waals surface area contributed by atoms with E-state index in [4.69, 9.17) is 5.11 Å². The van der Waals surface area contributed by atoms with Gasteiger partial charge in [0, 0.05) is 6.42 Å². The minimum Gasteiger partial charge on any atom is -0.481 e. The Hall–Kier alpha value is -0.180. The summed E-state index contributed by atoms with van der Waals surface area (Å²) in [6, 6.07) is 0. The van der Waals surface area contributed by atoms with Gasteiger partial charge in [-0.1, -0.05) is 13.8 Å². The zero-order chi connectivity index (χ0) is 9.56. The van der Waals surface area contributed by atoms with Gasteiger partial charge in [0.1, 0.15) is 0 Å². The van der Waals surface area contributed by atoms with Gasteiger partial charge in [-0.15, -0.1) is 0 Å². The first kappa shape index (κ1) is 11.8. The van der Waals surface area contributed by atoms with Crippen molar-refractivity contribution in [3.63, 3.8) is 0 Å². The second kappa shape index (κ2) is 6.35. The van der Waals surface area contributed by atoms with Crippen molar-refractivity contribution in [2.24, 2.45) is 0 Å². The van der Waals surface area contributed by atoms with Crippen LogP contribution in [0.1, 0.15) is 33.1 Å². The Morgan fingerprint density at radius 1 is 1.58 bits per heavy atom. The third-order valence-corrected chi connectivity index (χ3v) is 5.14. The van der Waals surface area contributed by atoms with Crippen molar-refractivity contribution in [3.05, 3.63) is 0 Å². The number of carbonyl (C=O) groups is 1. The predicted molar refractivity (Wildman–Crippen MR) is 56.4 cm³/mol. The molecule has 0 aliphatic carbocycles. The second-order valence-corrected chi connectivity index (χ2v) is 6.08. The highest BCUT2D eigenvalue weighted by Crippen LogP contribution is 2.29. The zero-order valence-electron chi connectivity index (χ0n) is 8.21. The molecule has 2 atom stereocenters. The Morgan fingerprint density at radius 2 is 2.17 bits per heavy atom. The normalized spacial score (nSPS) is 17.1. The van der Waals surface area contributed by atoms with E-state index in [1.54, 1.807) is 0 Å². The molecule has 0 spiro atoms. The molecule has 2 unspecified atom stereocenters. The fourth-order valence-electron chi connectivity index (χ4n) is 1.01. The molecule has 0 saturated heterocycles. The van der Waals surface area contributed by atoms with Crippen LogP contribution in [0.25, 0.3) is 0 Å². The maximum Gasteiger partial charge on any atom is 0.303 e. The summed E-state index contributed by atoms with van der Waals surface area (Å²) in [5.74, 6) is 0.443. The van der Waals surface area contributed by atoms with E-state index in [0.29, 0.717) is 6.42 Å². The van der Waals surface area contributed by atoms with Gasteiger partial charge in [0.05, 0.1) is 0 Å². The van der Waals surface area contributed by atoms with Crippen molar-refractivity contribution in [2.75, 3.05) is 12.0 Å². The van der Waals surface area contributed by atoms with Gasteiger partial charge in [-0.05, 0) is 30.1 Å². The van der Waals surface area contributed by atoms with Gasteiger partial charge in [-0.25, -0.2) is 0 Å². The maximum absolute atomic E-state index is 10.2. The van der Waals surface area contributed by atoms with Crippen LogP contribution in [0.3, 0.4) is 0 Å². The molecule has 0 bridgehead atoms. The molecule has 0 heterocycles. The van der Waals surface area contributed by atoms with Crippen LogP contribution < -0.4 is 0 Å². The highest BCUT2D eigenvalue weighted by Gasteiger charge is 2.06. The van der Waals surface area contributed by atoms with E-state index in [1.807, 2.05) is 0 Å². The monoisotopic (exact) mass is 192 g/mol. The van der Waals surface area contributed by atoms with E-state index in [0.717, 1.165) is 17.4 Å². The van der Waals surface area contributed by atoms with Gasteiger partial charge in [0.25, 0.3) is 0 Å². The van der Waals surface area contributed by atoms with Crippen LogP contribution >= 0.6 is 10.9 Å². The summed E-state index contributed by atoms with van der Waals surface area (Å²) < 4.78 is 0. The first-order chi connectivity index (χ1) is 5.57. The van der Waals surface area contributed by atoms with Gasteiger partial charge in [-0.2, -0.15) is 0 Å². The van der Waals surface area contributed by atoms with Crippen LogP contribution in [-0.4, -0.2) is 28.3 Å². The van der Waals surface area contributed by atoms with E-state index < -0.39 is 5.97 Å². The van der Waals surface area contributed by atoms with E-state index in [1.165, 1.54) is 6.42 Å². The largest absolute Gasteiger partial charge is 0.481 e. The Kier molecular flexibility index (Phi) is 6.25. The highest BCUT2D eigenvalue weighted by atomic mass is 32.2. The smallest absolute Gasteiger partial charge is 0.303 e. The third kappa shape index (κ3) is 5.47. The summed E-state index contributed by atoms with van der Waals surface area (Å²) >= 11 is 0. The average Bonchev–Trinajstić information content (AvgIpc) is 2.02. The Bertz CT molecular complexity index is 136. The van der Waals surface area contributed by atoms with Crippen molar-refractivity contribution in [2.45, 2.75) is 38.4 Å². The first-order valence-corrected chi connectivity index (χ1v) is 6.54. The molecule has 0 rings (SSSR count). The SMILES string of the molecule is CCC(C)[SH](C)CCCC(=O)O. The molecule has 0 amide bonds. The van der Waals surface area contributed by atoms with Crippen LogP contribution in [0.4, 0.5) is 0 Å². The lowest BCUT2D eigenvalue weighted by Gasteiger charge is -2.22. The van der Waals surface area contributed by atoms with Crippen molar-refractivity contribution in [3.8, 4) is 0 Å². The minimum atomic E-state index is -0.664. The van der Waals surface area contributed by atoms with E-state index in [9.17, 15) is 4.79 Å². The van der Waals surface area contributed by atoms with Crippen LogP contribution in [0.15, 0.2) is 0 Å². The lowest BCUT2D eigenvalue weighted by atomic mass is 10.3. The van der Waals surface area contributed by atoms with E-state index >= 15 is 0 Å². The molecular weight excluding hydrogens is 172 g/mol. The van der Waals surface area contributed by atoms with Gasteiger partial charge in [0.15, 0.2) is 0 Å². The molecule has 0 fully saturated rings. The van der Waals surface area contributed by atoms with Crippen molar-refractivity contribution >= 4 is 16.9 Å². The van der Waals surface area contributed by atoms with Crippen LogP contribution in [-0.2, 0) is 4.79 Å². The number of hydrogen-bond donors (Lipinski definition) is 2. The summed E-state index contributed by atoms with van der Waals surface area (Å²) in [6.07, 6.45) is 4.67. The van der Waals surface area contributed by atoms with Gasteiger partial charge >= 0.3 is 5.97 Å². The molecule has 0 aromatic carbocycles. The number of aliphatic carboxylic acids is 1. The molecule has 0 radical (unpaired) electrons. The molecule has 2 nitrogen and oxygen atoms in total. The van der Waals surface area contributed by atoms with E-state index in [-0.39, 0.29) is 10.9 Å². The average molecular weight is 192 g/mol. The third-order valence-electron chi connectivity index (χ3n) is 2.24. The summed E-state index contributed by atoms with van der Waals surface area (Å²) in [5.41, 5.74) is 0. The van der Waals surface area contributed by atoms with Crippen molar-refractivity contribution in [1.82, 2.24) is 0 Å². The molecule has 1 N–H and O–H groups in total. The number of thiol groups is 1. The number of carboxylic acid groups (broad SMARTS) is 1. The molecule has 0 saturated carbocycles.